The minimum Gasteiger partial charge on any atom is -0.258 e. The van der Waals surface area contributed by atoms with Gasteiger partial charge in [0.05, 0.1) is 11.0 Å². The van der Waals surface area contributed by atoms with Crippen molar-refractivity contribution >= 4 is 27.3 Å². The summed E-state index contributed by atoms with van der Waals surface area (Å²) in [7, 11) is -4.09. The van der Waals surface area contributed by atoms with E-state index in [1.807, 2.05) is 0 Å². The van der Waals surface area contributed by atoms with E-state index in [0.29, 0.717) is 6.07 Å². The zero-order chi connectivity index (χ0) is 14.5. The first-order chi connectivity index (χ1) is 8.88. The molecule has 1 aromatic carbocycles. The van der Waals surface area contributed by atoms with Crippen molar-refractivity contribution in [3.05, 3.63) is 46.3 Å². The molecule has 104 valence electrons. The van der Waals surface area contributed by atoms with Crippen LogP contribution in [0.4, 0.5) is 10.1 Å². The van der Waals surface area contributed by atoms with E-state index in [4.69, 9.17) is 11.6 Å². The Morgan fingerprint density at radius 3 is 2.68 bits per heavy atom. The second-order valence-electron chi connectivity index (χ2n) is 3.35. The van der Waals surface area contributed by atoms with Crippen molar-refractivity contribution in [2.24, 2.45) is 0 Å². The molecule has 0 heterocycles. The Labute approximate surface area is 114 Å². The third-order valence-electron chi connectivity index (χ3n) is 2.05. The van der Waals surface area contributed by atoms with Gasteiger partial charge in [-0.25, -0.2) is 17.5 Å². The number of rotatable bonds is 6. The number of allylic oxidation sites excluding steroid dienone is 1. The number of nitro benzene ring substituents is 1. The average molecular weight is 309 g/mol. The molecule has 0 fully saturated rings. The van der Waals surface area contributed by atoms with E-state index in [1.165, 1.54) is 12.2 Å². The molecule has 1 aromatic rings. The normalized spacial score (nSPS) is 11.9. The number of alkyl halides is 1. The maximum atomic E-state index is 12.9. The van der Waals surface area contributed by atoms with Crippen molar-refractivity contribution in [1.82, 2.24) is 4.72 Å². The molecular formula is C10H10ClFN2O4S. The number of sulfonamides is 1. The molecule has 0 amide bonds. The van der Waals surface area contributed by atoms with E-state index < -0.39 is 31.3 Å². The molecule has 0 saturated carbocycles. The number of hydrogen-bond acceptors (Lipinski definition) is 4. The lowest BCUT2D eigenvalue weighted by Crippen LogP contribution is -2.24. The number of hydrogen-bond donors (Lipinski definition) is 1. The van der Waals surface area contributed by atoms with Crippen LogP contribution < -0.4 is 4.72 Å². The van der Waals surface area contributed by atoms with Gasteiger partial charge in [-0.1, -0.05) is 12.2 Å². The summed E-state index contributed by atoms with van der Waals surface area (Å²) in [6, 6.07) is 2.25. The second-order valence-corrected chi connectivity index (χ2v) is 5.39. The Bertz CT molecular complexity index is 604. The van der Waals surface area contributed by atoms with Crippen LogP contribution in [0.25, 0.3) is 0 Å². The lowest BCUT2D eigenvalue weighted by atomic mass is 10.3. The van der Waals surface area contributed by atoms with Crippen molar-refractivity contribution in [2.45, 2.75) is 4.90 Å². The summed E-state index contributed by atoms with van der Waals surface area (Å²) in [5.41, 5.74) is -0.811. The number of nitrogens with one attached hydrogen (secondary N) is 1. The highest BCUT2D eigenvalue weighted by Gasteiger charge is 2.25. The molecule has 1 N–H and O–H groups in total. The third kappa shape index (κ3) is 4.27. The molecule has 0 radical (unpaired) electrons. The monoisotopic (exact) mass is 308 g/mol. The highest BCUT2D eigenvalue weighted by Crippen LogP contribution is 2.24. The first-order valence-corrected chi connectivity index (χ1v) is 7.05. The number of halogens is 2. The summed E-state index contributed by atoms with van der Waals surface area (Å²) in [6.45, 7) is -0.0659. The average Bonchev–Trinajstić information content (AvgIpc) is 2.34. The van der Waals surface area contributed by atoms with Gasteiger partial charge in [0.15, 0.2) is 4.90 Å². The zero-order valence-corrected chi connectivity index (χ0v) is 11.1. The molecule has 0 aliphatic rings. The van der Waals surface area contributed by atoms with Gasteiger partial charge in [-0.05, 0) is 12.1 Å². The molecule has 0 saturated heterocycles. The van der Waals surface area contributed by atoms with Crippen molar-refractivity contribution in [2.75, 3.05) is 12.4 Å². The Hall–Kier alpha value is -1.51. The first kappa shape index (κ1) is 15.5. The van der Waals surface area contributed by atoms with Crippen molar-refractivity contribution in [1.29, 1.82) is 0 Å². The molecule has 6 nitrogen and oxygen atoms in total. The largest absolute Gasteiger partial charge is 0.292 e. The van der Waals surface area contributed by atoms with Crippen LogP contribution in [0, 0.1) is 15.9 Å². The molecule has 0 aliphatic carbocycles. The first-order valence-electron chi connectivity index (χ1n) is 5.03. The van der Waals surface area contributed by atoms with Gasteiger partial charge in [0.2, 0.25) is 10.0 Å². The summed E-state index contributed by atoms with van der Waals surface area (Å²) < 4.78 is 38.7. The van der Waals surface area contributed by atoms with Gasteiger partial charge in [-0.3, -0.25) is 10.1 Å². The number of benzene rings is 1. The predicted octanol–water partition coefficient (Wildman–Crippen LogP) is 1.81. The molecule has 0 aliphatic heterocycles. The molecular weight excluding hydrogens is 299 g/mol. The van der Waals surface area contributed by atoms with Crippen LogP contribution >= 0.6 is 11.6 Å². The highest BCUT2D eigenvalue weighted by molar-refractivity contribution is 7.89. The molecule has 19 heavy (non-hydrogen) atoms. The van der Waals surface area contributed by atoms with Crippen molar-refractivity contribution < 1.29 is 17.7 Å². The van der Waals surface area contributed by atoms with Crippen LogP contribution in [0.1, 0.15) is 0 Å². The van der Waals surface area contributed by atoms with Gasteiger partial charge in [0.25, 0.3) is 5.69 Å². The topological polar surface area (TPSA) is 89.3 Å². The van der Waals surface area contributed by atoms with E-state index in [-0.39, 0.29) is 12.4 Å². The molecule has 0 atom stereocenters. The molecule has 0 spiro atoms. The van der Waals surface area contributed by atoms with Crippen LogP contribution in [0.15, 0.2) is 35.2 Å². The van der Waals surface area contributed by atoms with Gasteiger partial charge >= 0.3 is 0 Å². The van der Waals surface area contributed by atoms with Crippen LogP contribution in [0.5, 0.6) is 0 Å². The van der Waals surface area contributed by atoms with Crippen molar-refractivity contribution in [3.8, 4) is 0 Å². The Kier molecular flexibility index (Phi) is 5.40. The molecule has 9 heteroatoms. The van der Waals surface area contributed by atoms with Crippen molar-refractivity contribution in [3.63, 3.8) is 0 Å². The maximum absolute atomic E-state index is 12.9. The van der Waals surface area contributed by atoms with Crippen LogP contribution in [-0.2, 0) is 10.0 Å². The minimum atomic E-state index is -4.09. The highest BCUT2D eigenvalue weighted by atomic mass is 35.5. The molecule has 0 bridgehead atoms. The molecule has 0 aromatic heterocycles. The lowest BCUT2D eigenvalue weighted by Gasteiger charge is -2.05. The maximum Gasteiger partial charge on any atom is 0.292 e. The second kappa shape index (κ2) is 6.60. The standard InChI is InChI=1S/C10H10ClFN2O4S/c11-5-1-2-6-13-19(17,18)10-4-3-8(12)7-9(10)14(15)16/h1-4,7,13H,5-6H2/b2-1+. The van der Waals surface area contributed by atoms with Crippen LogP contribution in [0.2, 0.25) is 0 Å². The third-order valence-corrected chi connectivity index (χ3v) is 3.70. The van der Waals surface area contributed by atoms with E-state index in [9.17, 15) is 22.9 Å². The van der Waals surface area contributed by atoms with E-state index in [1.54, 1.807) is 0 Å². The quantitative estimate of drug-likeness (QED) is 0.375. The number of nitro groups is 1. The summed E-state index contributed by atoms with van der Waals surface area (Å²) in [4.78, 5) is 9.18. The van der Waals surface area contributed by atoms with Gasteiger partial charge in [-0.15, -0.1) is 11.6 Å². The summed E-state index contributed by atoms with van der Waals surface area (Å²) in [6.07, 6.45) is 2.98. The molecule has 1 rings (SSSR count). The Balaban J connectivity index is 3.07. The zero-order valence-electron chi connectivity index (χ0n) is 9.55. The van der Waals surface area contributed by atoms with E-state index >= 15 is 0 Å². The fourth-order valence-corrected chi connectivity index (χ4v) is 2.50. The van der Waals surface area contributed by atoms with Gasteiger partial charge in [-0.2, -0.15) is 0 Å². The fourth-order valence-electron chi connectivity index (χ4n) is 1.24. The lowest BCUT2D eigenvalue weighted by molar-refractivity contribution is -0.388. The fraction of sp³-hybridized carbons (Fsp3) is 0.200. The van der Waals surface area contributed by atoms with Gasteiger partial charge in [0.1, 0.15) is 5.82 Å². The molecule has 0 unspecified atom stereocenters. The predicted molar refractivity (Wildman–Crippen MR) is 68.1 cm³/mol. The summed E-state index contributed by atoms with van der Waals surface area (Å²) in [5.74, 6) is -0.661. The van der Waals surface area contributed by atoms with Gasteiger partial charge in [0, 0.05) is 12.4 Å². The SMILES string of the molecule is O=[N+]([O-])c1cc(F)ccc1S(=O)(=O)NC/C=C/CCl. The Morgan fingerprint density at radius 2 is 2.11 bits per heavy atom. The minimum absolute atomic E-state index is 0.0659. The summed E-state index contributed by atoms with van der Waals surface area (Å²) in [5, 5.41) is 10.7. The summed E-state index contributed by atoms with van der Waals surface area (Å²) >= 11 is 5.36. The van der Waals surface area contributed by atoms with Crippen LogP contribution in [-0.4, -0.2) is 25.8 Å². The Morgan fingerprint density at radius 1 is 1.42 bits per heavy atom. The van der Waals surface area contributed by atoms with E-state index in [0.717, 1.165) is 12.1 Å². The van der Waals surface area contributed by atoms with E-state index in [2.05, 4.69) is 4.72 Å². The van der Waals surface area contributed by atoms with Crippen LogP contribution in [0.3, 0.4) is 0 Å². The van der Waals surface area contributed by atoms with Gasteiger partial charge < -0.3 is 0 Å². The smallest absolute Gasteiger partial charge is 0.258 e. The number of nitrogens with zero attached hydrogens (tertiary/aromatic N) is 1.